The highest BCUT2D eigenvalue weighted by Gasteiger charge is 2.01. The van der Waals surface area contributed by atoms with Crippen molar-refractivity contribution >= 4 is 0 Å². The number of hydrogen-bond donors (Lipinski definition) is 0. The highest BCUT2D eigenvalue weighted by atomic mass is 19.1. The van der Waals surface area contributed by atoms with E-state index in [0.717, 1.165) is 0 Å². The zero-order valence-corrected chi connectivity index (χ0v) is 9.39. The van der Waals surface area contributed by atoms with Crippen molar-refractivity contribution in [1.29, 1.82) is 0 Å². The highest BCUT2D eigenvalue weighted by Crippen LogP contribution is 2.10. The van der Waals surface area contributed by atoms with Crippen LogP contribution < -0.4 is 10.3 Å². The molecular formula is C13H12FNO2. The van der Waals surface area contributed by atoms with Gasteiger partial charge < -0.3 is 4.74 Å². The van der Waals surface area contributed by atoms with E-state index in [9.17, 15) is 9.18 Å². The topological polar surface area (TPSA) is 31.2 Å². The van der Waals surface area contributed by atoms with E-state index in [1.54, 1.807) is 24.4 Å². The van der Waals surface area contributed by atoms with E-state index in [1.165, 1.54) is 22.8 Å². The van der Waals surface area contributed by atoms with Crippen LogP contribution in [0.25, 0.3) is 5.69 Å². The maximum atomic E-state index is 12.8. The van der Waals surface area contributed by atoms with E-state index in [2.05, 4.69) is 0 Å². The van der Waals surface area contributed by atoms with Crippen molar-refractivity contribution in [3.63, 3.8) is 0 Å². The Hall–Kier alpha value is -2.10. The molecule has 0 amide bonds. The lowest BCUT2D eigenvalue weighted by Crippen LogP contribution is -2.16. The number of halogens is 1. The van der Waals surface area contributed by atoms with Gasteiger partial charge in [0.15, 0.2) is 0 Å². The molecule has 4 heteroatoms. The van der Waals surface area contributed by atoms with Crippen LogP contribution in [0, 0.1) is 5.82 Å². The Bertz CT molecular complexity index is 560. The number of rotatable bonds is 3. The summed E-state index contributed by atoms with van der Waals surface area (Å²) in [7, 11) is 0. The SMILES string of the molecule is CCOc1ccn(-c2ccc(F)cc2)c(=O)c1. The second-order valence-electron chi connectivity index (χ2n) is 3.48. The van der Waals surface area contributed by atoms with E-state index in [0.29, 0.717) is 18.0 Å². The number of nitrogens with zero attached hydrogens (tertiary/aromatic N) is 1. The number of hydrogen-bond acceptors (Lipinski definition) is 2. The molecule has 88 valence electrons. The lowest BCUT2D eigenvalue weighted by atomic mass is 10.3. The summed E-state index contributed by atoms with van der Waals surface area (Å²) in [5.41, 5.74) is 0.419. The molecule has 1 heterocycles. The average Bonchev–Trinajstić information content (AvgIpc) is 2.31. The number of benzene rings is 1. The summed E-state index contributed by atoms with van der Waals surface area (Å²) in [5, 5.41) is 0. The van der Waals surface area contributed by atoms with Crippen LogP contribution in [-0.4, -0.2) is 11.2 Å². The van der Waals surface area contributed by atoms with Gasteiger partial charge in [0, 0.05) is 18.0 Å². The molecule has 0 fully saturated rings. The Balaban J connectivity index is 2.40. The van der Waals surface area contributed by atoms with Crippen molar-refractivity contribution in [1.82, 2.24) is 4.57 Å². The van der Waals surface area contributed by atoms with Crippen LogP contribution in [0.1, 0.15) is 6.92 Å². The van der Waals surface area contributed by atoms with Crippen molar-refractivity contribution in [3.8, 4) is 11.4 Å². The molecule has 0 spiro atoms. The first kappa shape index (κ1) is 11.4. The first-order chi connectivity index (χ1) is 8.20. The highest BCUT2D eigenvalue weighted by molar-refractivity contribution is 5.33. The third-order valence-corrected chi connectivity index (χ3v) is 2.31. The van der Waals surface area contributed by atoms with Gasteiger partial charge in [-0.25, -0.2) is 4.39 Å². The van der Waals surface area contributed by atoms with Gasteiger partial charge in [-0.1, -0.05) is 0 Å². The number of ether oxygens (including phenoxy) is 1. The molecule has 0 N–H and O–H groups in total. The van der Waals surface area contributed by atoms with Crippen molar-refractivity contribution < 1.29 is 9.13 Å². The fraction of sp³-hybridized carbons (Fsp3) is 0.154. The molecule has 2 rings (SSSR count). The summed E-state index contributed by atoms with van der Waals surface area (Å²) in [6.07, 6.45) is 1.61. The van der Waals surface area contributed by atoms with Crippen LogP contribution in [0.5, 0.6) is 5.75 Å². The first-order valence-electron chi connectivity index (χ1n) is 5.32. The molecule has 0 aliphatic carbocycles. The zero-order chi connectivity index (χ0) is 12.3. The van der Waals surface area contributed by atoms with E-state index in [1.807, 2.05) is 6.92 Å². The second-order valence-corrected chi connectivity index (χ2v) is 3.48. The minimum Gasteiger partial charge on any atom is -0.494 e. The van der Waals surface area contributed by atoms with Crippen LogP contribution in [0.3, 0.4) is 0 Å². The van der Waals surface area contributed by atoms with Crippen LogP contribution in [0.4, 0.5) is 4.39 Å². The summed E-state index contributed by atoms with van der Waals surface area (Å²) in [5.74, 6) is 0.212. The van der Waals surface area contributed by atoms with E-state index in [4.69, 9.17) is 4.74 Å². The quantitative estimate of drug-likeness (QED) is 0.815. The smallest absolute Gasteiger partial charge is 0.258 e. The van der Waals surface area contributed by atoms with Crippen LogP contribution in [0.2, 0.25) is 0 Å². The number of aromatic nitrogens is 1. The maximum Gasteiger partial charge on any atom is 0.258 e. The minimum absolute atomic E-state index is 0.206. The monoisotopic (exact) mass is 233 g/mol. The van der Waals surface area contributed by atoms with Gasteiger partial charge in [-0.05, 0) is 37.3 Å². The largest absolute Gasteiger partial charge is 0.494 e. The molecule has 17 heavy (non-hydrogen) atoms. The van der Waals surface area contributed by atoms with Gasteiger partial charge in [0.05, 0.1) is 6.61 Å². The summed E-state index contributed by atoms with van der Waals surface area (Å²) < 4.78 is 19.4. The van der Waals surface area contributed by atoms with Crippen LogP contribution in [0.15, 0.2) is 47.4 Å². The second kappa shape index (κ2) is 4.82. The van der Waals surface area contributed by atoms with Crippen molar-refractivity contribution in [3.05, 3.63) is 58.8 Å². The van der Waals surface area contributed by atoms with Crippen molar-refractivity contribution in [2.75, 3.05) is 6.61 Å². The maximum absolute atomic E-state index is 12.8. The molecule has 0 atom stereocenters. The molecule has 1 aromatic heterocycles. The Morgan fingerprint density at radius 2 is 1.94 bits per heavy atom. The van der Waals surface area contributed by atoms with Gasteiger partial charge in [-0.2, -0.15) is 0 Å². The Morgan fingerprint density at radius 3 is 2.53 bits per heavy atom. The summed E-state index contributed by atoms with van der Waals surface area (Å²) >= 11 is 0. The van der Waals surface area contributed by atoms with Crippen molar-refractivity contribution in [2.24, 2.45) is 0 Å². The molecule has 0 unspecified atom stereocenters. The summed E-state index contributed by atoms with van der Waals surface area (Å²) in [6, 6.07) is 8.85. The van der Waals surface area contributed by atoms with E-state index >= 15 is 0 Å². The third kappa shape index (κ3) is 2.53. The zero-order valence-electron chi connectivity index (χ0n) is 9.39. The lowest BCUT2D eigenvalue weighted by Gasteiger charge is -2.07. The standard InChI is InChI=1S/C13H12FNO2/c1-2-17-12-7-8-15(13(16)9-12)11-5-3-10(14)4-6-11/h3-9H,2H2,1H3. The third-order valence-electron chi connectivity index (χ3n) is 2.31. The summed E-state index contributed by atoms with van der Waals surface area (Å²) in [6.45, 7) is 2.37. The Morgan fingerprint density at radius 1 is 1.24 bits per heavy atom. The number of pyridine rings is 1. The Labute approximate surface area is 98.1 Å². The van der Waals surface area contributed by atoms with Crippen LogP contribution in [-0.2, 0) is 0 Å². The molecule has 1 aromatic carbocycles. The molecule has 0 bridgehead atoms. The molecule has 2 aromatic rings. The lowest BCUT2D eigenvalue weighted by molar-refractivity contribution is 0.339. The fourth-order valence-corrected chi connectivity index (χ4v) is 1.53. The van der Waals surface area contributed by atoms with Crippen LogP contribution >= 0.6 is 0 Å². The predicted molar refractivity (Wildman–Crippen MR) is 63.2 cm³/mol. The fourth-order valence-electron chi connectivity index (χ4n) is 1.53. The van der Waals surface area contributed by atoms with Gasteiger partial charge in [0.1, 0.15) is 11.6 Å². The molecular weight excluding hydrogens is 221 g/mol. The van der Waals surface area contributed by atoms with E-state index in [-0.39, 0.29) is 11.4 Å². The van der Waals surface area contributed by atoms with Gasteiger partial charge in [0.2, 0.25) is 0 Å². The van der Waals surface area contributed by atoms with Gasteiger partial charge >= 0.3 is 0 Å². The Kier molecular flexibility index (Phi) is 3.23. The van der Waals surface area contributed by atoms with E-state index < -0.39 is 0 Å². The first-order valence-corrected chi connectivity index (χ1v) is 5.32. The molecule has 0 radical (unpaired) electrons. The molecule has 3 nitrogen and oxygen atoms in total. The molecule has 0 saturated heterocycles. The normalized spacial score (nSPS) is 10.2. The predicted octanol–water partition coefficient (Wildman–Crippen LogP) is 2.38. The molecule has 0 saturated carbocycles. The molecule has 0 aliphatic rings. The molecule has 0 aliphatic heterocycles. The van der Waals surface area contributed by atoms with Gasteiger partial charge in [-0.3, -0.25) is 9.36 Å². The van der Waals surface area contributed by atoms with Gasteiger partial charge in [0.25, 0.3) is 5.56 Å². The van der Waals surface area contributed by atoms with Gasteiger partial charge in [-0.15, -0.1) is 0 Å². The average molecular weight is 233 g/mol. The minimum atomic E-state index is -0.326. The summed E-state index contributed by atoms with van der Waals surface area (Å²) in [4.78, 5) is 11.8. The van der Waals surface area contributed by atoms with Crippen molar-refractivity contribution in [2.45, 2.75) is 6.92 Å².